The van der Waals surface area contributed by atoms with Crippen LogP contribution in [0, 0.1) is 46.3 Å². The van der Waals surface area contributed by atoms with Crippen LogP contribution in [0.2, 0.25) is 0 Å². The molecule has 0 radical (unpaired) electrons. The second kappa shape index (κ2) is 20.5. The quantitative estimate of drug-likeness (QED) is 0.0781. The minimum atomic E-state index is -1.29. The second-order valence-corrected chi connectivity index (χ2v) is 17.0. The van der Waals surface area contributed by atoms with E-state index >= 15 is 0 Å². The molecule has 0 aromatic heterocycles. The first kappa shape index (κ1) is 44.9. The SMILES string of the molecule is CC(CCC(=O)O)C1CCC2C3CCC4CCCC[C@]4(C)C3CC[C@]12C.O=C(O)CN(CCN(CC(=O)O)C(CCCCNC(=O)O)C(=O)O)CC(=O)O. The van der Waals surface area contributed by atoms with E-state index in [9.17, 15) is 33.9 Å². The van der Waals surface area contributed by atoms with Gasteiger partial charge in [0.15, 0.2) is 0 Å². The molecule has 308 valence electrons. The molecule has 7 unspecified atom stereocenters. The summed E-state index contributed by atoms with van der Waals surface area (Å²) < 4.78 is 0. The molecular weight excluding hydrogens is 702 g/mol. The molecule has 0 spiro atoms. The maximum atomic E-state index is 11.5. The van der Waals surface area contributed by atoms with Crippen LogP contribution >= 0.6 is 0 Å². The van der Waals surface area contributed by atoms with Crippen LogP contribution in [-0.2, 0) is 24.0 Å². The summed E-state index contributed by atoms with van der Waals surface area (Å²) in [5.74, 6) is -0.548. The third-order valence-electron chi connectivity index (χ3n) is 13.8. The summed E-state index contributed by atoms with van der Waals surface area (Å²) in [5, 5.41) is 55.8. The molecule has 7 N–H and O–H groups in total. The molecule has 0 saturated heterocycles. The fourth-order valence-corrected chi connectivity index (χ4v) is 11.3. The Hall–Kier alpha value is -3.46. The van der Waals surface area contributed by atoms with Gasteiger partial charge in [0, 0.05) is 26.1 Å². The van der Waals surface area contributed by atoms with Crippen molar-refractivity contribution < 1.29 is 59.4 Å². The van der Waals surface area contributed by atoms with Crippen LogP contribution in [0.15, 0.2) is 0 Å². The average Bonchev–Trinajstić information content (AvgIpc) is 3.43. The zero-order valence-corrected chi connectivity index (χ0v) is 32.4. The zero-order chi connectivity index (χ0) is 40.2. The van der Waals surface area contributed by atoms with E-state index in [-0.39, 0.29) is 26.1 Å². The average molecular weight is 768 g/mol. The Morgan fingerprint density at radius 3 is 1.93 bits per heavy atom. The lowest BCUT2D eigenvalue weighted by Crippen LogP contribution is -2.53. The maximum absolute atomic E-state index is 11.5. The minimum absolute atomic E-state index is 0.0434. The molecule has 4 fully saturated rings. The summed E-state index contributed by atoms with van der Waals surface area (Å²) in [6.07, 6.45) is 15.2. The number of unbranched alkanes of at least 4 members (excludes halogenated alkanes) is 1. The van der Waals surface area contributed by atoms with E-state index in [1.165, 1.54) is 64.2 Å². The van der Waals surface area contributed by atoms with Crippen molar-refractivity contribution in [2.75, 3.05) is 39.3 Å². The van der Waals surface area contributed by atoms with E-state index in [4.69, 9.17) is 25.5 Å². The molecule has 0 aliphatic heterocycles. The molecule has 15 heteroatoms. The van der Waals surface area contributed by atoms with Gasteiger partial charge in [0.25, 0.3) is 0 Å². The predicted octanol–water partition coefficient (Wildman–Crippen LogP) is 5.27. The van der Waals surface area contributed by atoms with Crippen molar-refractivity contribution in [3.63, 3.8) is 0 Å². The van der Waals surface area contributed by atoms with Gasteiger partial charge >= 0.3 is 35.9 Å². The molecule has 54 heavy (non-hydrogen) atoms. The first-order valence-electron chi connectivity index (χ1n) is 19.9. The van der Waals surface area contributed by atoms with Crippen LogP contribution in [0.5, 0.6) is 0 Å². The lowest BCUT2D eigenvalue weighted by Gasteiger charge is -2.61. The van der Waals surface area contributed by atoms with E-state index in [0.717, 1.165) is 45.8 Å². The van der Waals surface area contributed by atoms with Crippen molar-refractivity contribution in [3.05, 3.63) is 0 Å². The van der Waals surface area contributed by atoms with Crippen LogP contribution in [0.25, 0.3) is 0 Å². The van der Waals surface area contributed by atoms with Crippen molar-refractivity contribution in [3.8, 4) is 0 Å². The first-order valence-corrected chi connectivity index (χ1v) is 19.9. The minimum Gasteiger partial charge on any atom is -0.481 e. The molecule has 0 bridgehead atoms. The summed E-state index contributed by atoms with van der Waals surface area (Å²) >= 11 is 0. The smallest absolute Gasteiger partial charge is 0.404 e. The molecule has 0 aromatic rings. The Labute approximate surface area is 318 Å². The van der Waals surface area contributed by atoms with Crippen LogP contribution < -0.4 is 5.32 Å². The molecule has 0 aromatic carbocycles. The highest BCUT2D eigenvalue weighted by Crippen LogP contribution is 2.68. The summed E-state index contributed by atoms with van der Waals surface area (Å²) in [6, 6.07) is -1.20. The maximum Gasteiger partial charge on any atom is 0.404 e. The Morgan fingerprint density at radius 2 is 1.33 bits per heavy atom. The second-order valence-electron chi connectivity index (χ2n) is 17.0. The van der Waals surface area contributed by atoms with E-state index in [1.807, 2.05) is 0 Å². The Kier molecular flexibility index (Phi) is 17.0. The molecule has 4 rings (SSSR count). The molecule has 9 atom stereocenters. The van der Waals surface area contributed by atoms with Gasteiger partial charge in [-0.2, -0.15) is 0 Å². The molecular formula is C39H65N3O12. The van der Waals surface area contributed by atoms with Gasteiger partial charge in [-0.25, -0.2) is 4.79 Å². The molecule has 0 heterocycles. The van der Waals surface area contributed by atoms with Crippen molar-refractivity contribution in [2.24, 2.45) is 46.3 Å². The first-order chi connectivity index (χ1) is 25.4. The fourth-order valence-electron chi connectivity index (χ4n) is 11.3. The Bertz CT molecular complexity index is 1300. The van der Waals surface area contributed by atoms with Gasteiger partial charge in [0.2, 0.25) is 0 Å². The molecule has 4 saturated carbocycles. The van der Waals surface area contributed by atoms with Crippen LogP contribution in [0.3, 0.4) is 0 Å². The summed E-state index contributed by atoms with van der Waals surface area (Å²) in [6.45, 7) is 5.58. The van der Waals surface area contributed by atoms with Gasteiger partial charge in [-0.3, -0.25) is 33.8 Å². The third kappa shape index (κ3) is 12.3. The normalized spacial score (nSPS) is 29.8. The van der Waals surface area contributed by atoms with Crippen molar-refractivity contribution in [1.82, 2.24) is 15.1 Å². The lowest BCUT2D eigenvalue weighted by atomic mass is 9.44. The van der Waals surface area contributed by atoms with Gasteiger partial charge in [-0.05, 0) is 123 Å². The standard InChI is InChI=1S/C24H40O2.C15H25N3O10/c1-16(7-12-22(25)26)19-10-11-20-18-9-8-17-6-4-5-14-23(17,2)21(18)13-15-24(19,20)3;19-11(20)7-17(8-12(21)22)5-6-18(9-13(23)24)10(14(25)26)3-1-2-4-16-15(27)28/h16-21H,4-15H2,1-3H3,(H,25,26);10,16H,1-9H2,(H,19,20)(H,21,22)(H,23,24)(H,25,26)(H,27,28)/t16?,17?,18?,19?,20?,21?,23-,24+;/m0./s1. The van der Waals surface area contributed by atoms with Gasteiger partial charge in [-0.15, -0.1) is 0 Å². The molecule has 15 nitrogen and oxygen atoms in total. The highest BCUT2D eigenvalue weighted by atomic mass is 16.4. The highest BCUT2D eigenvalue weighted by Gasteiger charge is 2.60. The van der Waals surface area contributed by atoms with Gasteiger partial charge in [0.05, 0.1) is 19.6 Å². The number of aliphatic carboxylic acids is 5. The number of rotatable bonds is 20. The third-order valence-corrected chi connectivity index (χ3v) is 13.8. The van der Waals surface area contributed by atoms with Crippen LogP contribution in [0.1, 0.15) is 117 Å². The van der Waals surface area contributed by atoms with E-state index in [1.54, 1.807) is 0 Å². The largest absolute Gasteiger partial charge is 0.481 e. The summed E-state index contributed by atoms with van der Waals surface area (Å²) in [7, 11) is 0. The molecule has 4 aliphatic rings. The number of nitrogens with zero attached hydrogens (tertiary/aromatic N) is 2. The molecule has 1 amide bonds. The van der Waals surface area contributed by atoms with Gasteiger partial charge in [-0.1, -0.05) is 33.6 Å². The van der Waals surface area contributed by atoms with Gasteiger partial charge < -0.3 is 36.0 Å². The van der Waals surface area contributed by atoms with Crippen molar-refractivity contribution in [2.45, 2.75) is 123 Å². The number of hydrogen-bond acceptors (Lipinski definition) is 8. The van der Waals surface area contributed by atoms with E-state index in [0.29, 0.717) is 36.0 Å². The predicted molar refractivity (Wildman–Crippen MR) is 198 cm³/mol. The topological polar surface area (TPSA) is 242 Å². The number of carboxylic acids is 5. The van der Waals surface area contributed by atoms with Crippen LogP contribution in [0.4, 0.5) is 4.79 Å². The number of carboxylic acid groups (broad SMARTS) is 6. The number of carbonyl (C=O) groups is 6. The monoisotopic (exact) mass is 767 g/mol. The molecule has 4 aliphatic carbocycles. The van der Waals surface area contributed by atoms with E-state index in [2.05, 4.69) is 26.1 Å². The van der Waals surface area contributed by atoms with Crippen molar-refractivity contribution >= 4 is 35.9 Å². The number of amides is 1. The van der Waals surface area contributed by atoms with Gasteiger partial charge in [0.1, 0.15) is 6.04 Å². The fraction of sp³-hybridized carbons (Fsp3) is 0.846. The van der Waals surface area contributed by atoms with E-state index < -0.39 is 61.6 Å². The number of nitrogens with one attached hydrogen (secondary N) is 1. The van der Waals surface area contributed by atoms with Crippen molar-refractivity contribution in [1.29, 1.82) is 0 Å². The summed E-state index contributed by atoms with van der Waals surface area (Å²) in [4.78, 5) is 67.8. The Morgan fingerprint density at radius 1 is 0.685 bits per heavy atom. The highest BCUT2D eigenvalue weighted by molar-refractivity contribution is 5.75. The summed E-state index contributed by atoms with van der Waals surface area (Å²) in [5.41, 5.74) is 1.12. The Balaban J connectivity index is 0.000000290. The number of hydrogen-bond donors (Lipinski definition) is 7. The lowest BCUT2D eigenvalue weighted by molar-refractivity contribution is -0.148. The number of fused-ring (bicyclic) bond motifs is 5. The van der Waals surface area contributed by atoms with Crippen LogP contribution in [-0.4, -0.2) is 122 Å². The zero-order valence-electron chi connectivity index (χ0n) is 32.4.